The first-order chi connectivity index (χ1) is 9.43. The van der Waals surface area contributed by atoms with Crippen LogP contribution in [0.2, 0.25) is 0 Å². The predicted octanol–water partition coefficient (Wildman–Crippen LogP) is 0.931. The fraction of sp³-hybridized carbons (Fsp3) is 0.727. The third-order valence-electron chi connectivity index (χ3n) is 2.48. The SMILES string of the molecule is CS(=O)(=O)c1nnc(CCCCCNC(=O)CCCl)o1. The molecular formula is C11H18ClN3O4S. The number of rotatable bonds is 9. The van der Waals surface area contributed by atoms with E-state index in [0.29, 0.717) is 31.2 Å². The van der Waals surface area contributed by atoms with E-state index >= 15 is 0 Å². The van der Waals surface area contributed by atoms with Gasteiger partial charge in [-0.1, -0.05) is 11.5 Å². The highest BCUT2D eigenvalue weighted by atomic mass is 35.5. The lowest BCUT2D eigenvalue weighted by Gasteiger charge is -2.02. The highest BCUT2D eigenvalue weighted by molar-refractivity contribution is 7.90. The Morgan fingerprint density at radius 3 is 2.65 bits per heavy atom. The second kappa shape index (κ2) is 8.21. The van der Waals surface area contributed by atoms with Crippen LogP contribution in [0, 0.1) is 0 Å². The molecule has 1 N–H and O–H groups in total. The molecule has 0 aliphatic rings. The van der Waals surface area contributed by atoms with Gasteiger partial charge in [-0.15, -0.1) is 16.7 Å². The predicted molar refractivity (Wildman–Crippen MR) is 73.3 cm³/mol. The molecule has 0 saturated heterocycles. The lowest BCUT2D eigenvalue weighted by molar-refractivity contribution is -0.120. The molecule has 1 aromatic rings. The van der Waals surface area contributed by atoms with Crippen LogP contribution in [0.15, 0.2) is 9.64 Å². The van der Waals surface area contributed by atoms with E-state index in [2.05, 4.69) is 15.5 Å². The molecule has 0 spiro atoms. The van der Waals surface area contributed by atoms with Gasteiger partial charge in [-0.2, -0.15) is 0 Å². The quantitative estimate of drug-likeness (QED) is 0.536. The van der Waals surface area contributed by atoms with Crippen LogP contribution in [0.25, 0.3) is 0 Å². The molecule has 1 amide bonds. The van der Waals surface area contributed by atoms with E-state index in [1.165, 1.54) is 0 Å². The summed E-state index contributed by atoms with van der Waals surface area (Å²) in [5.74, 6) is 0.595. The highest BCUT2D eigenvalue weighted by Gasteiger charge is 2.15. The average molecular weight is 324 g/mol. The summed E-state index contributed by atoms with van der Waals surface area (Å²) in [6.07, 6.45) is 4.37. The van der Waals surface area contributed by atoms with Crippen molar-refractivity contribution in [3.63, 3.8) is 0 Å². The summed E-state index contributed by atoms with van der Waals surface area (Å²) in [6.45, 7) is 0.605. The number of unbranched alkanes of at least 4 members (excludes halogenated alkanes) is 2. The van der Waals surface area contributed by atoms with Gasteiger partial charge in [0, 0.05) is 31.5 Å². The van der Waals surface area contributed by atoms with Crippen LogP contribution in [0.1, 0.15) is 31.6 Å². The van der Waals surface area contributed by atoms with E-state index in [9.17, 15) is 13.2 Å². The number of amides is 1. The molecule has 0 radical (unpaired) electrons. The number of hydrogen-bond acceptors (Lipinski definition) is 6. The molecular weight excluding hydrogens is 306 g/mol. The lowest BCUT2D eigenvalue weighted by atomic mass is 10.2. The average Bonchev–Trinajstić information content (AvgIpc) is 2.82. The van der Waals surface area contributed by atoms with E-state index in [0.717, 1.165) is 25.5 Å². The lowest BCUT2D eigenvalue weighted by Crippen LogP contribution is -2.24. The van der Waals surface area contributed by atoms with E-state index in [1.807, 2.05) is 0 Å². The van der Waals surface area contributed by atoms with Gasteiger partial charge in [0.1, 0.15) is 0 Å². The van der Waals surface area contributed by atoms with Crippen LogP contribution in [0.5, 0.6) is 0 Å². The van der Waals surface area contributed by atoms with Crippen LogP contribution >= 0.6 is 11.6 Å². The second-order valence-electron chi connectivity index (χ2n) is 4.33. The molecule has 0 fully saturated rings. The van der Waals surface area contributed by atoms with E-state index < -0.39 is 9.84 Å². The standard InChI is InChI=1S/C11H18ClN3O4S/c1-20(17,18)11-15-14-10(19-11)5-3-2-4-8-13-9(16)6-7-12/h2-8H2,1H3,(H,13,16). The zero-order chi connectivity index (χ0) is 15.0. The first-order valence-electron chi connectivity index (χ1n) is 6.28. The van der Waals surface area contributed by atoms with Gasteiger partial charge in [-0.25, -0.2) is 8.42 Å². The van der Waals surface area contributed by atoms with Gasteiger partial charge in [0.05, 0.1) is 0 Å². The van der Waals surface area contributed by atoms with Crippen LogP contribution in [-0.4, -0.2) is 43.2 Å². The van der Waals surface area contributed by atoms with Gasteiger partial charge in [0.15, 0.2) is 0 Å². The van der Waals surface area contributed by atoms with Crippen LogP contribution in [0.3, 0.4) is 0 Å². The third-order valence-corrected chi connectivity index (χ3v) is 3.47. The maximum atomic E-state index is 11.1. The normalized spacial score (nSPS) is 11.5. The Hall–Kier alpha value is -1.15. The largest absolute Gasteiger partial charge is 0.413 e. The number of hydrogen-bond donors (Lipinski definition) is 1. The summed E-state index contributed by atoms with van der Waals surface area (Å²) in [5.41, 5.74) is 0. The van der Waals surface area contributed by atoms with Crippen molar-refractivity contribution in [2.75, 3.05) is 18.7 Å². The van der Waals surface area contributed by atoms with Gasteiger partial charge in [0.2, 0.25) is 21.6 Å². The van der Waals surface area contributed by atoms with Gasteiger partial charge >= 0.3 is 5.22 Å². The van der Waals surface area contributed by atoms with Crippen molar-refractivity contribution in [1.29, 1.82) is 0 Å². The molecule has 1 heterocycles. The van der Waals surface area contributed by atoms with Gasteiger partial charge in [-0.3, -0.25) is 4.79 Å². The van der Waals surface area contributed by atoms with E-state index in [-0.39, 0.29) is 11.1 Å². The van der Waals surface area contributed by atoms with Crippen molar-refractivity contribution in [2.45, 2.75) is 37.3 Å². The molecule has 0 unspecified atom stereocenters. The fourth-order valence-electron chi connectivity index (χ4n) is 1.47. The molecule has 0 aliphatic carbocycles. The number of alkyl halides is 1. The van der Waals surface area contributed by atoms with Crippen LogP contribution < -0.4 is 5.32 Å². The first kappa shape index (κ1) is 16.9. The zero-order valence-electron chi connectivity index (χ0n) is 11.3. The second-order valence-corrected chi connectivity index (χ2v) is 6.61. The highest BCUT2D eigenvalue weighted by Crippen LogP contribution is 2.09. The minimum absolute atomic E-state index is 0.0466. The summed E-state index contributed by atoms with van der Waals surface area (Å²) >= 11 is 5.43. The van der Waals surface area contributed by atoms with Gasteiger partial charge in [0.25, 0.3) is 0 Å². The number of carbonyl (C=O) groups is 1. The molecule has 9 heteroatoms. The third kappa shape index (κ3) is 6.33. The molecule has 0 aliphatic heterocycles. The van der Waals surface area contributed by atoms with E-state index in [1.54, 1.807) is 0 Å². The Kier molecular flexibility index (Phi) is 6.94. The minimum atomic E-state index is -3.43. The maximum absolute atomic E-state index is 11.1. The number of nitrogens with zero attached hydrogens (tertiary/aromatic N) is 2. The number of aryl methyl sites for hydroxylation is 1. The van der Waals surface area contributed by atoms with Crippen molar-refractivity contribution in [1.82, 2.24) is 15.5 Å². The number of sulfone groups is 1. The molecule has 0 bridgehead atoms. The fourth-order valence-corrected chi connectivity index (χ4v) is 2.08. The summed E-state index contributed by atoms with van der Waals surface area (Å²) in [6, 6.07) is 0. The summed E-state index contributed by atoms with van der Waals surface area (Å²) < 4.78 is 27.3. The molecule has 1 aromatic heterocycles. The molecule has 0 atom stereocenters. The minimum Gasteiger partial charge on any atom is -0.413 e. The van der Waals surface area contributed by atoms with Crippen molar-refractivity contribution in [3.8, 4) is 0 Å². The Bertz CT molecular complexity index is 530. The number of nitrogens with one attached hydrogen (secondary N) is 1. The monoisotopic (exact) mass is 323 g/mol. The molecule has 20 heavy (non-hydrogen) atoms. The van der Waals surface area contributed by atoms with Crippen LogP contribution in [-0.2, 0) is 21.1 Å². The van der Waals surface area contributed by atoms with Crippen molar-refractivity contribution < 1.29 is 17.6 Å². The van der Waals surface area contributed by atoms with Gasteiger partial charge in [-0.05, 0) is 12.8 Å². The van der Waals surface area contributed by atoms with E-state index in [4.69, 9.17) is 16.0 Å². The summed E-state index contributed by atoms with van der Waals surface area (Å²) in [7, 11) is -3.43. The van der Waals surface area contributed by atoms with Crippen molar-refractivity contribution >= 4 is 27.3 Å². The number of halogens is 1. The van der Waals surface area contributed by atoms with Gasteiger partial charge < -0.3 is 9.73 Å². The smallest absolute Gasteiger partial charge is 0.335 e. The maximum Gasteiger partial charge on any atom is 0.335 e. The summed E-state index contributed by atoms with van der Waals surface area (Å²) in [5, 5.41) is 9.55. The molecule has 7 nitrogen and oxygen atoms in total. The molecule has 1 rings (SSSR count). The number of aromatic nitrogens is 2. The Morgan fingerprint density at radius 1 is 1.30 bits per heavy atom. The number of carbonyl (C=O) groups excluding carboxylic acids is 1. The first-order valence-corrected chi connectivity index (χ1v) is 8.71. The topological polar surface area (TPSA) is 102 Å². The summed E-state index contributed by atoms with van der Waals surface area (Å²) in [4.78, 5) is 11.1. The van der Waals surface area contributed by atoms with Crippen molar-refractivity contribution in [3.05, 3.63) is 5.89 Å². The molecule has 114 valence electrons. The van der Waals surface area contributed by atoms with Crippen molar-refractivity contribution in [2.24, 2.45) is 0 Å². The molecule has 0 saturated carbocycles. The Labute approximate surface area is 123 Å². The Balaban J connectivity index is 2.16. The Morgan fingerprint density at radius 2 is 2.05 bits per heavy atom. The molecule has 0 aromatic carbocycles. The zero-order valence-corrected chi connectivity index (χ0v) is 12.8. The van der Waals surface area contributed by atoms with Crippen LogP contribution in [0.4, 0.5) is 0 Å².